The van der Waals surface area contributed by atoms with E-state index >= 15 is 0 Å². The summed E-state index contributed by atoms with van der Waals surface area (Å²) in [4.78, 5) is 11.6. The number of nitrogens with zero attached hydrogens (tertiary/aromatic N) is 2. The van der Waals surface area contributed by atoms with E-state index in [0.29, 0.717) is 23.0 Å². The molecule has 0 aliphatic heterocycles. The van der Waals surface area contributed by atoms with Crippen LogP contribution in [0.3, 0.4) is 0 Å². The first kappa shape index (κ1) is 15.5. The molecule has 1 saturated carbocycles. The van der Waals surface area contributed by atoms with Gasteiger partial charge in [-0.05, 0) is 55.2 Å². The van der Waals surface area contributed by atoms with E-state index in [4.69, 9.17) is 15.2 Å². The van der Waals surface area contributed by atoms with Gasteiger partial charge in [0, 0.05) is 18.0 Å². The largest absolute Gasteiger partial charge is 0.493 e. The highest BCUT2D eigenvalue weighted by atomic mass is 16.5. The number of nitrogens with two attached hydrogens (primary N) is 1. The predicted molar refractivity (Wildman–Crippen MR) is 94.0 cm³/mol. The van der Waals surface area contributed by atoms with Crippen LogP contribution in [0.1, 0.15) is 23.2 Å². The molecule has 0 radical (unpaired) electrons. The molecule has 128 valence electrons. The Labute approximate surface area is 145 Å². The molecule has 25 heavy (non-hydrogen) atoms. The number of aromatic nitrogens is 2. The van der Waals surface area contributed by atoms with Crippen molar-refractivity contribution in [1.29, 1.82) is 0 Å². The summed E-state index contributed by atoms with van der Waals surface area (Å²) < 4.78 is 13.4. The van der Waals surface area contributed by atoms with Crippen LogP contribution >= 0.6 is 0 Å². The molecule has 0 spiro atoms. The Balaban J connectivity index is 1.60. The van der Waals surface area contributed by atoms with Crippen LogP contribution < -0.4 is 15.2 Å². The smallest absolute Gasteiger partial charge is 0.248 e. The molecule has 2 N–H and O–H groups in total. The first-order chi connectivity index (χ1) is 12.1. The highest BCUT2D eigenvalue weighted by Gasteiger charge is 2.21. The third-order valence-electron chi connectivity index (χ3n) is 4.32. The molecule has 1 amide bonds. The van der Waals surface area contributed by atoms with Crippen LogP contribution in [0, 0.1) is 5.92 Å². The van der Waals surface area contributed by atoms with Gasteiger partial charge in [0.05, 0.1) is 12.8 Å². The summed E-state index contributed by atoms with van der Waals surface area (Å²) >= 11 is 0. The monoisotopic (exact) mass is 337 g/mol. The van der Waals surface area contributed by atoms with Crippen molar-refractivity contribution in [2.45, 2.75) is 12.8 Å². The number of carbonyl (C=O) groups is 1. The number of aryl methyl sites for hydroxylation is 1. The number of fused-ring (bicyclic) bond motifs is 1. The number of benzene rings is 2. The minimum Gasteiger partial charge on any atom is -0.493 e. The van der Waals surface area contributed by atoms with E-state index in [-0.39, 0.29) is 0 Å². The van der Waals surface area contributed by atoms with Crippen molar-refractivity contribution in [3.8, 4) is 17.2 Å². The average molecular weight is 337 g/mol. The number of carbonyl (C=O) groups excluding carboxylic acids is 1. The molecule has 1 heterocycles. The molecule has 0 bridgehead atoms. The lowest BCUT2D eigenvalue weighted by molar-refractivity contribution is 0.1000. The van der Waals surface area contributed by atoms with Crippen molar-refractivity contribution >= 4 is 16.8 Å². The van der Waals surface area contributed by atoms with E-state index in [2.05, 4.69) is 5.10 Å². The van der Waals surface area contributed by atoms with E-state index in [1.807, 2.05) is 31.3 Å². The predicted octanol–water partition coefficient (Wildman–Crippen LogP) is 3.25. The maximum atomic E-state index is 11.6. The second-order valence-corrected chi connectivity index (χ2v) is 6.37. The molecule has 4 rings (SSSR count). The van der Waals surface area contributed by atoms with Crippen molar-refractivity contribution in [2.75, 3.05) is 6.61 Å². The Morgan fingerprint density at radius 3 is 2.64 bits per heavy atom. The Morgan fingerprint density at radius 2 is 1.96 bits per heavy atom. The summed E-state index contributed by atoms with van der Waals surface area (Å²) in [5.41, 5.74) is 6.61. The first-order valence-electron chi connectivity index (χ1n) is 8.26. The van der Waals surface area contributed by atoms with Crippen molar-refractivity contribution in [1.82, 2.24) is 9.78 Å². The fourth-order valence-corrected chi connectivity index (χ4v) is 2.73. The SMILES string of the molecule is Cn1ncc2cc(C(N)=O)cc(Oc3ccc(OCC4CC4)cc3)c21. The maximum absolute atomic E-state index is 11.6. The zero-order valence-electron chi connectivity index (χ0n) is 13.9. The molecule has 1 fully saturated rings. The van der Waals surface area contributed by atoms with Crippen molar-refractivity contribution < 1.29 is 14.3 Å². The van der Waals surface area contributed by atoms with Crippen LogP contribution in [0.5, 0.6) is 17.2 Å². The molecule has 0 saturated heterocycles. The number of hydrogen-bond donors (Lipinski definition) is 1. The number of primary amides is 1. The van der Waals surface area contributed by atoms with Gasteiger partial charge in [-0.3, -0.25) is 9.48 Å². The number of amides is 1. The molecule has 3 aromatic rings. The zero-order valence-corrected chi connectivity index (χ0v) is 13.9. The summed E-state index contributed by atoms with van der Waals surface area (Å²) in [6.07, 6.45) is 4.21. The van der Waals surface area contributed by atoms with Crippen molar-refractivity contribution in [3.63, 3.8) is 0 Å². The second-order valence-electron chi connectivity index (χ2n) is 6.37. The quantitative estimate of drug-likeness (QED) is 0.749. The lowest BCUT2D eigenvalue weighted by Gasteiger charge is -2.11. The molecule has 2 aromatic carbocycles. The zero-order chi connectivity index (χ0) is 17.4. The average Bonchev–Trinajstić information content (AvgIpc) is 3.36. The molecule has 0 atom stereocenters. The van der Waals surface area contributed by atoms with Gasteiger partial charge in [0.1, 0.15) is 17.0 Å². The molecule has 0 unspecified atom stereocenters. The molecule has 6 heteroatoms. The van der Waals surface area contributed by atoms with Gasteiger partial charge in [-0.15, -0.1) is 0 Å². The van der Waals surface area contributed by atoms with E-state index in [1.165, 1.54) is 12.8 Å². The highest BCUT2D eigenvalue weighted by molar-refractivity contribution is 5.99. The first-order valence-corrected chi connectivity index (χ1v) is 8.26. The molecule has 1 aromatic heterocycles. The lowest BCUT2D eigenvalue weighted by Crippen LogP contribution is -2.11. The number of hydrogen-bond acceptors (Lipinski definition) is 4. The van der Waals surface area contributed by atoms with Crippen LogP contribution in [0.2, 0.25) is 0 Å². The Hall–Kier alpha value is -3.02. The number of rotatable bonds is 6. The van der Waals surface area contributed by atoms with Gasteiger partial charge >= 0.3 is 0 Å². The highest BCUT2D eigenvalue weighted by Crippen LogP contribution is 2.33. The molecule has 6 nitrogen and oxygen atoms in total. The minimum atomic E-state index is -0.501. The van der Waals surface area contributed by atoms with Crippen LogP contribution in [0.4, 0.5) is 0 Å². The summed E-state index contributed by atoms with van der Waals surface area (Å²) in [5.74, 6) is 2.24. The maximum Gasteiger partial charge on any atom is 0.248 e. The second kappa shape index (κ2) is 6.12. The summed E-state index contributed by atoms with van der Waals surface area (Å²) in [5, 5.41) is 5.03. The Morgan fingerprint density at radius 1 is 1.24 bits per heavy atom. The normalized spacial score (nSPS) is 13.8. The lowest BCUT2D eigenvalue weighted by atomic mass is 10.1. The van der Waals surface area contributed by atoms with Crippen molar-refractivity contribution in [2.24, 2.45) is 18.7 Å². The van der Waals surface area contributed by atoms with Gasteiger partial charge in [-0.25, -0.2) is 0 Å². The van der Waals surface area contributed by atoms with Gasteiger partial charge in [-0.2, -0.15) is 5.10 Å². The molecular formula is C19H19N3O3. The molecule has 1 aliphatic rings. The summed E-state index contributed by atoms with van der Waals surface area (Å²) in [6, 6.07) is 10.8. The molecular weight excluding hydrogens is 318 g/mol. The standard InChI is InChI=1S/C19H19N3O3/c1-22-18-14(10-21-22)8-13(19(20)23)9-17(18)25-16-6-4-15(5-7-16)24-11-12-2-3-12/h4-10,12H,2-3,11H2,1H3,(H2,20,23). The van der Waals surface area contributed by atoms with Crippen LogP contribution in [0.15, 0.2) is 42.6 Å². The summed E-state index contributed by atoms with van der Waals surface area (Å²) in [7, 11) is 1.83. The van der Waals surface area contributed by atoms with E-state index in [1.54, 1.807) is 23.0 Å². The van der Waals surface area contributed by atoms with Crippen molar-refractivity contribution in [3.05, 3.63) is 48.2 Å². The van der Waals surface area contributed by atoms with E-state index < -0.39 is 5.91 Å². The van der Waals surface area contributed by atoms with Gasteiger partial charge < -0.3 is 15.2 Å². The molecule has 1 aliphatic carbocycles. The van der Waals surface area contributed by atoms with Crippen LogP contribution in [0.25, 0.3) is 10.9 Å². The minimum absolute atomic E-state index is 0.389. The van der Waals surface area contributed by atoms with E-state index in [9.17, 15) is 4.79 Å². The Kier molecular flexibility index (Phi) is 3.80. The third-order valence-corrected chi connectivity index (χ3v) is 4.32. The number of ether oxygens (including phenoxy) is 2. The van der Waals surface area contributed by atoms with Gasteiger partial charge in [0.2, 0.25) is 5.91 Å². The summed E-state index contributed by atoms with van der Waals surface area (Å²) in [6.45, 7) is 0.774. The Bertz CT molecular complexity index is 927. The fourth-order valence-electron chi connectivity index (χ4n) is 2.73. The van der Waals surface area contributed by atoms with Crippen LogP contribution in [-0.2, 0) is 7.05 Å². The third kappa shape index (κ3) is 3.28. The van der Waals surface area contributed by atoms with Gasteiger partial charge in [0.25, 0.3) is 0 Å². The van der Waals surface area contributed by atoms with Crippen LogP contribution in [-0.4, -0.2) is 22.3 Å². The topological polar surface area (TPSA) is 79.4 Å². The van der Waals surface area contributed by atoms with E-state index in [0.717, 1.165) is 23.3 Å². The van der Waals surface area contributed by atoms with Gasteiger partial charge in [-0.1, -0.05) is 0 Å². The fraction of sp³-hybridized carbons (Fsp3) is 0.263. The van der Waals surface area contributed by atoms with Gasteiger partial charge in [0.15, 0.2) is 5.75 Å².